The summed E-state index contributed by atoms with van der Waals surface area (Å²) in [5.41, 5.74) is 1.24. The van der Waals surface area contributed by atoms with E-state index in [1.54, 1.807) is 23.0 Å². The van der Waals surface area contributed by atoms with Crippen LogP contribution in [0.5, 0.6) is 0 Å². The van der Waals surface area contributed by atoms with Crippen molar-refractivity contribution in [1.29, 1.82) is 0 Å². The Morgan fingerprint density at radius 1 is 1.20 bits per heavy atom. The maximum atomic E-state index is 12.8. The number of carbonyl (C=O) groups is 1. The third-order valence-corrected chi connectivity index (χ3v) is 7.52. The molecule has 4 rings (SSSR count). The van der Waals surface area contributed by atoms with E-state index in [1.165, 1.54) is 28.6 Å². The molecule has 2 aromatic rings. The minimum Gasteiger partial charge on any atom is -0.342 e. The highest BCUT2D eigenvalue weighted by atomic mass is 32.2. The molecule has 7 heteroatoms. The van der Waals surface area contributed by atoms with Gasteiger partial charge in [-0.1, -0.05) is 11.8 Å². The molecule has 0 spiro atoms. The van der Waals surface area contributed by atoms with Crippen molar-refractivity contribution in [3.63, 3.8) is 0 Å². The summed E-state index contributed by atoms with van der Waals surface area (Å²) in [6.45, 7) is 3.63. The molecular weight excluding hydrogens is 354 g/mol. The number of piperidine rings is 1. The molecule has 1 aliphatic heterocycles. The van der Waals surface area contributed by atoms with Gasteiger partial charge in [-0.2, -0.15) is 0 Å². The molecule has 0 N–H and O–H groups in total. The molecule has 0 unspecified atom stereocenters. The Morgan fingerprint density at radius 3 is 2.72 bits per heavy atom. The van der Waals surface area contributed by atoms with Gasteiger partial charge in [0.1, 0.15) is 4.83 Å². The van der Waals surface area contributed by atoms with Gasteiger partial charge < -0.3 is 4.90 Å². The molecule has 0 radical (unpaired) electrons. The molecule has 0 aromatic carbocycles. The second-order valence-corrected chi connectivity index (χ2v) is 9.33. The van der Waals surface area contributed by atoms with Crippen molar-refractivity contribution in [2.75, 3.05) is 13.1 Å². The van der Waals surface area contributed by atoms with Crippen LogP contribution in [-0.4, -0.2) is 38.7 Å². The van der Waals surface area contributed by atoms with Crippen molar-refractivity contribution in [2.45, 2.75) is 55.9 Å². The van der Waals surface area contributed by atoms with Gasteiger partial charge >= 0.3 is 0 Å². The number of rotatable bonds is 3. The van der Waals surface area contributed by atoms with Gasteiger partial charge in [0.15, 0.2) is 5.16 Å². The first-order chi connectivity index (χ1) is 12.1. The molecule has 2 aliphatic rings. The smallest absolute Gasteiger partial charge is 0.262 e. The second-order valence-electron chi connectivity index (χ2n) is 6.94. The normalized spacial score (nSPS) is 18.6. The summed E-state index contributed by atoms with van der Waals surface area (Å²) in [6, 6.07) is 0. The van der Waals surface area contributed by atoms with Crippen LogP contribution in [0.1, 0.15) is 43.0 Å². The summed E-state index contributed by atoms with van der Waals surface area (Å²) in [5.74, 6) is 0.160. The zero-order valence-electron chi connectivity index (χ0n) is 14.7. The van der Waals surface area contributed by atoms with Crippen LogP contribution in [0.15, 0.2) is 9.95 Å². The lowest BCUT2D eigenvalue weighted by atomic mass is 10.1. The van der Waals surface area contributed by atoms with Gasteiger partial charge in [0.2, 0.25) is 5.91 Å². The lowest BCUT2D eigenvalue weighted by Crippen LogP contribution is -2.40. The highest BCUT2D eigenvalue weighted by molar-refractivity contribution is 8.00. The van der Waals surface area contributed by atoms with Crippen LogP contribution in [0.4, 0.5) is 0 Å². The summed E-state index contributed by atoms with van der Waals surface area (Å²) in [6.07, 6.45) is 6.58. The Kier molecular flexibility index (Phi) is 4.62. The van der Waals surface area contributed by atoms with E-state index in [0.717, 1.165) is 55.4 Å². The van der Waals surface area contributed by atoms with Crippen LogP contribution in [0.2, 0.25) is 0 Å². The number of aromatic nitrogens is 2. The highest BCUT2D eigenvalue weighted by Gasteiger charge is 2.26. The van der Waals surface area contributed by atoms with Crippen molar-refractivity contribution >= 4 is 39.2 Å². The van der Waals surface area contributed by atoms with Crippen molar-refractivity contribution in [1.82, 2.24) is 14.5 Å². The Bertz CT molecular complexity index is 881. The van der Waals surface area contributed by atoms with Crippen LogP contribution in [0, 0.1) is 0 Å². The minimum absolute atomic E-state index is 0.0320. The van der Waals surface area contributed by atoms with Gasteiger partial charge in [-0.3, -0.25) is 14.2 Å². The molecule has 1 fully saturated rings. The third kappa shape index (κ3) is 3.01. The zero-order chi connectivity index (χ0) is 17.6. The number of aryl methyl sites for hydroxylation is 2. The highest BCUT2D eigenvalue weighted by Crippen LogP contribution is 2.36. The molecule has 0 saturated carbocycles. The second kappa shape index (κ2) is 6.76. The average molecular weight is 378 g/mol. The molecule has 134 valence electrons. The average Bonchev–Trinajstić information content (AvgIpc) is 3.20. The predicted molar refractivity (Wildman–Crippen MR) is 103 cm³/mol. The fourth-order valence-corrected chi connectivity index (χ4v) is 6.05. The van der Waals surface area contributed by atoms with Crippen LogP contribution in [-0.2, 0) is 24.7 Å². The van der Waals surface area contributed by atoms with Gasteiger partial charge in [-0.25, -0.2) is 4.98 Å². The molecule has 1 amide bonds. The summed E-state index contributed by atoms with van der Waals surface area (Å²) in [5, 5.41) is 1.23. The van der Waals surface area contributed by atoms with E-state index in [0.29, 0.717) is 5.16 Å². The lowest BCUT2D eigenvalue weighted by molar-refractivity contribution is -0.131. The molecule has 25 heavy (non-hydrogen) atoms. The van der Waals surface area contributed by atoms with Gasteiger partial charge in [0.05, 0.1) is 10.6 Å². The molecule has 5 nitrogen and oxygen atoms in total. The van der Waals surface area contributed by atoms with Gasteiger partial charge in [-0.05, 0) is 51.0 Å². The zero-order valence-corrected chi connectivity index (χ0v) is 16.3. The number of hydrogen-bond donors (Lipinski definition) is 0. The maximum Gasteiger partial charge on any atom is 0.262 e. The summed E-state index contributed by atoms with van der Waals surface area (Å²) >= 11 is 3.06. The van der Waals surface area contributed by atoms with Gasteiger partial charge in [0.25, 0.3) is 5.56 Å². The number of carbonyl (C=O) groups excluding carboxylic acids is 1. The number of thioether (sulfide) groups is 1. The SMILES string of the molecule is C[C@@H](Sc1nc2sc3c(c2c(=O)n1C)CCC3)C(=O)N1CCCCC1. The lowest BCUT2D eigenvalue weighted by Gasteiger charge is -2.29. The predicted octanol–water partition coefficient (Wildman–Crippen LogP) is 2.98. The number of likely N-dealkylation sites (tertiary alicyclic amines) is 1. The number of nitrogens with zero attached hydrogens (tertiary/aromatic N) is 3. The van der Waals surface area contributed by atoms with Crippen molar-refractivity contribution < 1.29 is 4.79 Å². The first-order valence-corrected chi connectivity index (χ1v) is 10.7. The standard InChI is InChI=1S/C18H23N3O2S2/c1-11(16(22)21-9-4-3-5-10-21)24-18-19-15-14(17(23)20(18)2)12-7-6-8-13(12)25-15/h11H,3-10H2,1-2H3/t11-/m1/s1. The van der Waals surface area contributed by atoms with Crippen molar-refractivity contribution in [3.8, 4) is 0 Å². The molecule has 1 saturated heterocycles. The van der Waals surface area contributed by atoms with E-state index in [2.05, 4.69) is 0 Å². The van der Waals surface area contributed by atoms with Gasteiger partial charge in [-0.15, -0.1) is 11.3 Å². The molecular formula is C18H23N3O2S2. The summed E-state index contributed by atoms with van der Waals surface area (Å²) in [7, 11) is 1.77. The number of hydrogen-bond acceptors (Lipinski definition) is 5. The van der Waals surface area contributed by atoms with E-state index in [9.17, 15) is 9.59 Å². The summed E-state index contributed by atoms with van der Waals surface area (Å²) in [4.78, 5) is 34.4. The van der Waals surface area contributed by atoms with E-state index in [1.807, 2.05) is 11.8 Å². The molecule has 0 bridgehead atoms. The van der Waals surface area contributed by atoms with Crippen molar-refractivity contribution in [2.24, 2.45) is 7.05 Å². The Hall–Kier alpha value is -1.34. The largest absolute Gasteiger partial charge is 0.342 e. The third-order valence-electron chi connectivity index (χ3n) is 5.20. The topological polar surface area (TPSA) is 55.2 Å². The van der Waals surface area contributed by atoms with E-state index in [4.69, 9.17) is 4.98 Å². The van der Waals surface area contributed by atoms with E-state index < -0.39 is 0 Å². The molecule has 1 atom stereocenters. The fourth-order valence-electron chi connectivity index (χ4n) is 3.79. The Labute approximate surface area is 155 Å². The quantitative estimate of drug-likeness (QED) is 0.610. The molecule has 2 aromatic heterocycles. The first kappa shape index (κ1) is 17.1. The summed E-state index contributed by atoms with van der Waals surface area (Å²) < 4.78 is 1.62. The number of fused-ring (bicyclic) bond motifs is 3. The fraction of sp³-hybridized carbons (Fsp3) is 0.611. The van der Waals surface area contributed by atoms with Crippen LogP contribution >= 0.6 is 23.1 Å². The van der Waals surface area contributed by atoms with Crippen LogP contribution in [0.25, 0.3) is 10.2 Å². The van der Waals surface area contributed by atoms with E-state index in [-0.39, 0.29) is 16.7 Å². The van der Waals surface area contributed by atoms with Crippen LogP contribution < -0.4 is 5.56 Å². The van der Waals surface area contributed by atoms with E-state index >= 15 is 0 Å². The Balaban J connectivity index is 1.62. The Morgan fingerprint density at radius 2 is 1.96 bits per heavy atom. The van der Waals surface area contributed by atoms with Gasteiger partial charge in [0, 0.05) is 25.0 Å². The minimum atomic E-state index is -0.222. The maximum absolute atomic E-state index is 12.8. The monoisotopic (exact) mass is 377 g/mol. The first-order valence-electron chi connectivity index (χ1n) is 9.03. The number of amides is 1. The molecule has 3 heterocycles. The molecule has 1 aliphatic carbocycles. The van der Waals surface area contributed by atoms with Crippen molar-refractivity contribution in [3.05, 3.63) is 20.8 Å². The number of thiophene rings is 1. The van der Waals surface area contributed by atoms with Crippen LogP contribution in [0.3, 0.4) is 0 Å².